The quantitative estimate of drug-likeness (QED) is 0.881. The molecule has 0 atom stereocenters. The van der Waals surface area contributed by atoms with Crippen molar-refractivity contribution in [1.29, 1.82) is 0 Å². The normalized spacial score (nSPS) is 10.6. The fraction of sp³-hybridized carbons (Fsp3) is 0.231. The van der Waals surface area contributed by atoms with E-state index >= 15 is 0 Å². The summed E-state index contributed by atoms with van der Waals surface area (Å²) in [5.41, 5.74) is 0.711. The zero-order valence-corrected chi connectivity index (χ0v) is 12.1. The molecule has 1 aromatic heterocycles. The molecule has 1 aromatic carbocycles. The van der Waals surface area contributed by atoms with Gasteiger partial charge in [0.15, 0.2) is 0 Å². The molecule has 2 rings (SSSR count). The first-order chi connectivity index (χ1) is 9.04. The summed E-state index contributed by atoms with van der Waals surface area (Å²) in [6.45, 7) is 4.05. The Morgan fingerprint density at radius 2 is 1.95 bits per heavy atom. The summed E-state index contributed by atoms with van der Waals surface area (Å²) in [6.07, 6.45) is 1.68. The molecular formula is C13H14Cl2N4. The Balaban J connectivity index is 2.21. The molecule has 2 aromatic rings. The van der Waals surface area contributed by atoms with Crippen molar-refractivity contribution >= 4 is 40.7 Å². The number of hydrogen-bond donors (Lipinski definition) is 2. The van der Waals surface area contributed by atoms with E-state index in [2.05, 4.69) is 20.6 Å². The zero-order chi connectivity index (χ0) is 13.8. The number of anilines is 3. The highest BCUT2D eigenvalue weighted by atomic mass is 35.5. The second-order valence-electron chi connectivity index (χ2n) is 4.31. The predicted octanol–water partition coefficient (Wildman–Crippen LogP) is 4.35. The van der Waals surface area contributed by atoms with Crippen LogP contribution in [0.25, 0.3) is 0 Å². The second kappa shape index (κ2) is 6.08. The van der Waals surface area contributed by atoms with E-state index in [9.17, 15) is 0 Å². The summed E-state index contributed by atoms with van der Waals surface area (Å²) in [5.74, 6) is 1.22. The number of rotatable bonds is 4. The lowest BCUT2D eigenvalue weighted by atomic mass is 10.3. The fourth-order valence-electron chi connectivity index (χ4n) is 1.49. The van der Waals surface area contributed by atoms with E-state index in [0.29, 0.717) is 27.5 Å². The van der Waals surface area contributed by atoms with Crippen LogP contribution >= 0.6 is 23.2 Å². The van der Waals surface area contributed by atoms with Gasteiger partial charge in [-0.2, -0.15) is 4.98 Å². The van der Waals surface area contributed by atoms with Crippen LogP contribution in [-0.2, 0) is 0 Å². The van der Waals surface area contributed by atoms with Crippen molar-refractivity contribution in [3.05, 3.63) is 40.5 Å². The first-order valence-electron chi connectivity index (χ1n) is 5.86. The number of nitrogens with zero attached hydrogens (tertiary/aromatic N) is 2. The summed E-state index contributed by atoms with van der Waals surface area (Å²) >= 11 is 12.0. The maximum Gasteiger partial charge on any atom is 0.224 e. The Bertz CT molecular complexity index is 572. The van der Waals surface area contributed by atoms with Crippen molar-refractivity contribution in [2.45, 2.75) is 19.9 Å². The highest BCUT2D eigenvalue weighted by molar-refractivity contribution is 6.35. The van der Waals surface area contributed by atoms with Gasteiger partial charge in [-0.25, -0.2) is 4.98 Å². The number of aromatic nitrogens is 2. The van der Waals surface area contributed by atoms with Crippen molar-refractivity contribution in [2.75, 3.05) is 10.6 Å². The molecule has 0 radical (unpaired) electrons. The molecule has 2 N–H and O–H groups in total. The van der Waals surface area contributed by atoms with E-state index in [1.807, 2.05) is 13.8 Å². The smallest absolute Gasteiger partial charge is 0.224 e. The Labute approximate surface area is 122 Å². The lowest BCUT2D eigenvalue weighted by Crippen LogP contribution is -2.12. The van der Waals surface area contributed by atoms with Gasteiger partial charge in [0.25, 0.3) is 0 Å². The summed E-state index contributed by atoms with van der Waals surface area (Å²) in [5, 5.41) is 7.45. The van der Waals surface area contributed by atoms with Gasteiger partial charge in [0.1, 0.15) is 5.82 Å². The first-order valence-corrected chi connectivity index (χ1v) is 6.62. The highest BCUT2D eigenvalue weighted by Crippen LogP contribution is 2.27. The van der Waals surface area contributed by atoms with Gasteiger partial charge >= 0.3 is 0 Å². The van der Waals surface area contributed by atoms with E-state index in [1.165, 1.54) is 0 Å². The van der Waals surface area contributed by atoms with Gasteiger partial charge in [-0.05, 0) is 38.1 Å². The maximum absolute atomic E-state index is 6.09. The topological polar surface area (TPSA) is 49.8 Å². The minimum absolute atomic E-state index is 0.269. The van der Waals surface area contributed by atoms with Gasteiger partial charge in [-0.1, -0.05) is 23.2 Å². The largest absolute Gasteiger partial charge is 0.352 e. The van der Waals surface area contributed by atoms with Gasteiger partial charge in [-0.15, -0.1) is 0 Å². The third-order valence-corrected chi connectivity index (χ3v) is 2.83. The van der Waals surface area contributed by atoms with E-state index in [-0.39, 0.29) is 6.04 Å². The van der Waals surface area contributed by atoms with Crippen molar-refractivity contribution in [1.82, 2.24) is 9.97 Å². The van der Waals surface area contributed by atoms with Crippen LogP contribution in [0.3, 0.4) is 0 Å². The van der Waals surface area contributed by atoms with Crippen LogP contribution in [0.15, 0.2) is 30.5 Å². The Hall–Kier alpha value is -1.52. The van der Waals surface area contributed by atoms with Gasteiger partial charge < -0.3 is 10.6 Å². The summed E-state index contributed by atoms with van der Waals surface area (Å²) in [6, 6.07) is 7.26. The minimum atomic E-state index is 0.269. The molecule has 0 aliphatic rings. The molecule has 0 spiro atoms. The van der Waals surface area contributed by atoms with E-state index in [4.69, 9.17) is 23.2 Å². The molecule has 0 fully saturated rings. The van der Waals surface area contributed by atoms with Crippen molar-refractivity contribution in [3.8, 4) is 0 Å². The Morgan fingerprint density at radius 3 is 2.68 bits per heavy atom. The average Bonchev–Trinajstić information content (AvgIpc) is 2.33. The molecule has 0 bridgehead atoms. The van der Waals surface area contributed by atoms with Crippen molar-refractivity contribution in [3.63, 3.8) is 0 Å². The zero-order valence-electron chi connectivity index (χ0n) is 10.6. The van der Waals surface area contributed by atoms with Gasteiger partial charge in [-0.3, -0.25) is 0 Å². The molecule has 0 aliphatic carbocycles. The molecule has 6 heteroatoms. The van der Waals surface area contributed by atoms with Crippen LogP contribution < -0.4 is 10.6 Å². The molecule has 0 aliphatic heterocycles. The fourth-order valence-corrected chi connectivity index (χ4v) is 1.82. The van der Waals surface area contributed by atoms with Gasteiger partial charge in [0.05, 0.1) is 10.7 Å². The van der Waals surface area contributed by atoms with E-state index in [0.717, 1.165) is 0 Å². The molecule has 100 valence electrons. The van der Waals surface area contributed by atoms with Crippen LogP contribution in [0.2, 0.25) is 10.0 Å². The molecule has 0 saturated heterocycles. The monoisotopic (exact) mass is 296 g/mol. The minimum Gasteiger partial charge on any atom is -0.352 e. The molecule has 19 heavy (non-hydrogen) atoms. The molecule has 0 unspecified atom stereocenters. The SMILES string of the molecule is CC(C)Nc1nccc(Nc2cc(Cl)ccc2Cl)n1. The number of benzene rings is 1. The van der Waals surface area contributed by atoms with Crippen LogP contribution in [0.5, 0.6) is 0 Å². The van der Waals surface area contributed by atoms with Gasteiger partial charge in [0.2, 0.25) is 5.95 Å². The van der Waals surface area contributed by atoms with Crippen LogP contribution in [0, 0.1) is 0 Å². The molecular weight excluding hydrogens is 283 g/mol. The standard InChI is InChI=1S/C13H14Cl2N4/c1-8(2)17-13-16-6-5-12(19-13)18-11-7-9(14)3-4-10(11)15/h3-8H,1-2H3,(H2,16,17,18,19). The highest BCUT2D eigenvalue weighted by Gasteiger charge is 2.04. The van der Waals surface area contributed by atoms with Crippen LogP contribution in [-0.4, -0.2) is 16.0 Å². The number of nitrogens with one attached hydrogen (secondary N) is 2. The summed E-state index contributed by atoms with van der Waals surface area (Å²) in [4.78, 5) is 8.48. The lowest BCUT2D eigenvalue weighted by Gasteiger charge is -2.11. The third kappa shape index (κ3) is 3.98. The second-order valence-corrected chi connectivity index (χ2v) is 5.16. The van der Waals surface area contributed by atoms with Crippen LogP contribution in [0.4, 0.5) is 17.5 Å². The Morgan fingerprint density at radius 1 is 1.16 bits per heavy atom. The maximum atomic E-state index is 6.09. The number of halogens is 2. The summed E-state index contributed by atoms with van der Waals surface area (Å²) < 4.78 is 0. The van der Waals surface area contributed by atoms with Crippen molar-refractivity contribution < 1.29 is 0 Å². The third-order valence-electron chi connectivity index (χ3n) is 2.26. The Kier molecular flexibility index (Phi) is 4.45. The number of hydrogen-bond acceptors (Lipinski definition) is 4. The van der Waals surface area contributed by atoms with E-state index in [1.54, 1.807) is 30.5 Å². The molecule has 0 amide bonds. The molecule has 1 heterocycles. The van der Waals surface area contributed by atoms with Crippen molar-refractivity contribution in [2.24, 2.45) is 0 Å². The predicted molar refractivity (Wildman–Crippen MR) is 80.5 cm³/mol. The molecule has 0 saturated carbocycles. The first kappa shape index (κ1) is 13.9. The summed E-state index contributed by atoms with van der Waals surface area (Å²) in [7, 11) is 0. The van der Waals surface area contributed by atoms with Crippen LogP contribution in [0.1, 0.15) is 13.8 Å². The average molecular weight is 297 g/mol. The lowest BCUT2D eigenvalue weighted by molar-refractivity contribution is 0.875. The van der Waals surface area contributed by atoms with E-state index < -0.39 is 0 Å². The molecule has 4 nitrogen and oxygen atoms in total. The van der Waals surface area contributed by atoms with Gasteiger partial charge in [0, 0.05) is 17.3 Å².